The first kappa shape index (κ1) is 19.4. The van der Waals surface area contributed by atoms with Crippen LogP contribution in [0.4, 0.5) is 15.9 Å². The lowest BCUT2D eigenvalue weighted by atomic mass is 10.1. The second kappa shape index (κ2) is 7.93. The lowest BCUT2D eigenvalue weighted by Gasteiger charge is -2.25. The van der Waals surface area contributed by atoms with Crippen LogP contribution in [0.1, 0.15) is 11.6 Å². The number of aryl methyl sites for hydroxylation is 1. The van der Waals surface area contributed by atoms with Gasteiger partial charge in [-0.15, -0.1) is 0 Å². The number of aromatic amines is 1. The van der Waals surface area contributed by atoms with Crippen molar-refractivity contribution in [2.24, 2.45) is 7.05 Å². The molecule has 9 heteroatoms. The molecule has 3 N–H and O–H groups in total. The number of ether oxygens (including phenoxy) is 1. The zero-order valence-corrected chi connectivity index (χ0v) is 16.9. The molecule has 1 saturated heterocycles. The molecule has 1 aliphatic heterocycles. The second-order valence-corrected chi connectivity index (χ2v) is 7.42. The SMILES string of the molecule is Cn1c(=O)c(Nc2ncccc2C2COCCN2)cc2cc(-c3cc[nH]n3)c(F)cc21. The zero-order valence-electron chi connectivity index (χ0n) is 16.9. The minimum atomic E-state index is -0.439. The van der Waals surface area contributed by atoms with Crippen molar-refractivity contribution >= 4 is 22.4 Å². The van der Waals surface area contributed by atoms with Gasteiger partial charge in [0.15, 0.2) is 0 Å². The smallest absolute Gasteiger partial charge is 0.274 e. The van der Waals surface area contributed by atoms with E-state index < -0.39 is 5.82 Å². The Kier molecular flexibility index (Phi) is 4.97. The highest BCUT2D eigenvalue weighted by molar-refractivity contribution is 5.87. The number of benzene rings is 1. The maximum absolute atomic E-state index is 14.7. The summed E-state index contributed by atoms with van der Waals surface area (Å²) in [6.45, 7) is 1.94. The molecule has 1 unspecified atom stereocenters. The van der Waals surface area contributed by atoms with Crippen LogP contribution in [0.25, 0.3) is 22.2 Å². The molecule has 1 aliphatic rings. The first-order valence-electron chi connectivity index (χ1n) is 9.98. The summed E-state index contributed by atoms with van der Waals surface area (Å²) in [6, 6.07) is 10.3. The van der Waals surface area contributed by atoms with Crippen LogP contribution in [0, 0.1) is 5.82 Å². The molecule has 1 atom stereocenters. The first-order valence-corrected chi connectivity index (χ1v) is 9.98. The molecule has 0 saturated carbocycles. The number of hydrogen-bond acceptors (Lipinski definition) is 6. The van der Waals surface area contributed by atoms with Gasteiger partial charge in [0.1, 0.15) is 17.3 Å². The van der Waals surface area contributed by atoms with E-state index >= 15 is 0 Å². The maximum atomic E-state index is 14.7. The summed E-state index contributed by atoms with van der Waals surface area (Å²) in [5, 5.41) is 14.1. The third-order valence-electron chi connectivity index (χ3n) is 5.48. The Morgan fingerprint density at radius 2 is 2.19 bits per heavy atom. The minimum absolute atomic E-state index is 0.0189. The summed E-state index contributed by atoms with van der Waals surface area (Å²) in [4.78, 5) is 17.4. The number of nitrogens with one attached hydrogen (secondary N) is 3. The monoisotopic (exact) mass is 420 g/mol. The number of aromatic nitrogens is 4. The molecule has 0 radical (unpaired) electrons. The van der Waals surface area contributed by atoms with Gasteiger partial charge < -0.3 is 19.9 Å². The molecule has 1 aromatic carbocycles. The molecule has 0 bridgehead atoms. The van der Waals surface area contributed by atoms with Crippen molar-refractivity contribution in [1.29, 1.82) is 0 Å². The Bertz CT molecular complexity index is 1300. The van der Waals surface area contributed by atoms with E-state index in [0.29, 0.717) is 46.9 Å². The normalized spacial score (nSPS) is 16.5. The van der Waals surface area contributed by atoms with Crippen molar-refractivity contribution in [3.05, 3.63) is 70.5 Å². The fourth-order valence-corrected chi connectivity index (χ4v) is 3.89. The molecule has 5 rings (SSSR count). The van der Waals surface area contributed by atoms with Gasteiger partial charge in [-0.05, 0) is 30.3 Å². The molecule has 158 valence electrons. The van der Waals surface area contributed by atoms with Crippen LogP contribution in [-0.2, 0) is 11.8 Å². The van der Waals surface area contributed by atoms with Gasteiger partial charge in [-0.3, -0.25) is 9.89 Å². The lowest BCUT2D eigenvalue weighted by Crippen LogP contribution is -2.35. The standard InChI is InChI=1S/C22H21FN6O2/c1-29-20-11-16(23)15(17-4-6-26-28-17)9-13(20)10-18(22(29)30)27-21-14(3-2-5-25-21)19-12-31-8-7-24-19/h2-6,9-11,19,24H,7-8,12H2,1H3,(H,25,27)(H,26,28). The molecule has 0 spiro atoms. The number of fused-ring (bicyclic) bond motifs is 1. The van der Waals surface area contributed by atoms with E-state index in [0.717, 1.165) is 12.1 Å². The Balaban J connectivity index is 1.59. The van der Waals surface area contributed by atoms with Gasteiger partial charge >= 0.3 is 0 Å². The molecule has 3 aromatic heterocycles. The van der Waals surface area contributed by atoms with Gasteiger partial charge in [-0.1, -0.05) is 6.07 Å². The second-order valence-electron chi connectivity index (χ2n) is 7.42. The van der Waals surface area contributed by atoms with Gasteiger partial charge in [-0.25, -0.2) is 9.37 Å². The molecule has 4 aromatic rings. The molecule has 4 heterocycles. The summed E-state index contributed by atoms with van der Waals surface area (Å²) < 4.78 is 21.7. The van der Waals surface area contributed by atoms with Gasteiger partial charge in [0.05, 0.1) is 30.5 Å². The van der Waals surface area contributed by atoms with Crippen molar-refractivity contribution in [3.8, 4) is 11.3 Å². The number of halogens is 1. The fourth-order valence-electron chi connectivity index (χ4n) is 3.89. The van der Waals surface area contributed by atoms with Crippen LogP contribution in [0.2, 0.25) is 0 Å². The molecule has 1 fully saturated rings. The quantitative estimate of drug-likeness (QED) is 0.470. The number of nitrogens with zero attached hydrogens (tertiary/aromatic N) is 3. The summed E-state index contributed by atoms with van der Waals surface area (Å²) in [7, 11) is 1.62. The predicted molar refractivity (Wildman–Crippen MR) is 116 cm³/mol. The van der Waals surface area contributed by atoms with Crippen molar-refractivity contribution in [2.45, 2.75) is 6.04 Å². The average molecular weight is 420 g/mol. The van der Waals surface area contributed by atoms with E-state index in [-0.39, 0.29) is 11.6 Å². The van der Waals surface area contributed by atoms with E-state index in [1.807, 2.05) is 12.1 Å². The topological polar surface area (TPSA) is 96.9 Å². The molecule has 0 aliphatic carbocycles. The Hall–Kier alpha value is -3.56. The van der Waals surface area contributed by atoms with Crippen LogP contribution in [-0.4, -0.2) is 39.5 Å². The van der Waals surface area contributed by atoms with Gasteiger partial charge in [0.25, 0.3) is 5.56 Å². The highest BCUT2D eigenvalue weighted by atomic mass is 19.1. The summed E-state index contributed by atoms with van der Waals surface area (Å²) >= 11 is 0. The Labute approximate surface area is 177 Å². The van der Waals surface area contributed by atoms with Crippen LogP contribution in [0.5, 0.6) is 0 Å². The minimum Gasteiger partial charge on any atom is -0.378 e. The largest absolute Gasteiger partial charge is 0.378 e. The van der Waals surface area contributed by atoms with E-state index in [4.69, 9.17) is 4.74 Å². The highest BCUT2D eigenvalue weighted by Gasteiger charge is 2.20. The Morgan fingerprint density at radius 1 is 1.29 bits per heavy atom. The average Bonchev–Trinajstić information content (AvgIpc) is 3.33. The molecule has 31 heavy (non-hydrogen) atoms. The third-order valence-corrected chi connectivity index (χ3v) is 5.48. The van der Waals surface area contributed by atoms with Gasteiger partial charge in [0, 0.05) is 42.5 Å². The highest BCUT2D eigenvalue weighted by Crippen LogP contribution is 2.29. The van der Waals surface area contributed by atoms with E-state index in [1.54, 1.807) is 37.6 Å². The number of morpholine rings is 1. The molecular weight excluding hydrogens is 399 g/mol. The van der Waals surface area contributed by atoms with Crippen LogP contribution in [0.15, 0.2) is 53.6 Å². The summed E-state index contributed by atoms with van der Waals surface area (Å²) in [5.74, 6) is 0.141. The number of pyridine rings is 2. The lowest BCUT2D eigenvalue weighted by molar-refractivity contribution is 0.0770. The van der Waals surface area contributed by atoms with E-state index in [9.17, 15) is 9.18 Å². The van der Waals surface area contributed by atoms with Crippen LogP contribution < -0.4 is 16.2 Å². The number of anilines is 2. The van der Waals surface area contributed by atoms with Crippen LogP contribution in [0.3, 0.4) is 0 Å². The van der Waals surface area contributed by atoms with Crippen molar-refractivity contribution < 1.29 is 9.13 Å². The van der Waals surface area contributed by atoms with Crippen LogP contribution >= 0.6 is 0 Å². The molecule has 8 nitrogen and oxygen atoms in total. The number of hydrogen-bond donors (Lipinski definition) is 3. The van der Waals surface area contributed by atoms with E-state index in [2.05, 4.69) is 25.8 Å². The van der Waals surface area contributed by atoms with Gasteiger partial charge in [0.2, 0.25) is 0 Å². The zero-order chi connectivity index (χ0) is 21.4. The summed E-state index contributed by atoms with van der Waals surface area (Å²) in [6.07, 6.45) is 3.31. The Morgan fingerprint density at radius 3 is 2.97 bits per heavy atom. The molecular formula is C22H21FN6O2. The van der Waals surface area contributed by atoms with E-state index in [1.165, 1.54) is 10.6 Å². The predicted octanol–water partition coefficient (Wildman–Crippen LogP) is 2.87. The number of H-pyrrole nitrogens is 1. The van der Waals surface area contributed by atoms with Crippen molar-refractivity contribution in [1.82, 2.24) is 25.1 Å². The number of rotatable bonds is 4. The van der Waals surface area contributed by atoms with Gasteiger partial charge in [-0.2, -0.15) is 5.10 Å². The summed E-state index contributed by atoms with van der Waals surface area (Å²) in [5.41, 5.74) is 2.35. The van der Waals surface area contributed by atoms with Crippen molar-refractivity contribution in [2.75, 3.05) is 25.1 Å². The first-order chi connectivity index (χ1) is 15.1. The maximum Gasteiger partial charge on any atom is 0.274 e. The fraction of sp³-hybridized carbons (Fsp3) is 0.227. The van der Waals surface area contributed by atoms with Crippen molar-refractivity contribution in [3.63, 3.8) is 0 Å². The third kappa shape index (κ3) is 3.58. The molecule has 0 amide bonds.